The van der Waals surface area contributed by atoms with E-state index in [1.54, 1.807) is 30.3 Å². The van der Waals surface area contributed by atoms with Crippen LogP contribution in [0.4, 0.5) is 5.82 Å². The van der Waals surface area contributed by atoms with Crippen molar-refractivity contribution in [2.24, 2.45) is 0 Å². The predicted octanol–water partition coefficient (Wildman–Crippen LogP) is 3.71. The molecular formula is C15H17ClN2O3S. The number of nitrogens with zero attached hydrogens (tertiary/aromatic N) is 1. The Morgan fingerprint density at radius 2 is 1.95 bits per heavy atom. The van der Waals surface area contributed by atoms with Crippen molar-refractivity contribution in [3.63, 3.8) is 0 Å². The topological polar surface area (TPSA) is 68.3 Å². The van der Waals surface area contributed by atoms with Gasteiger partial charge in [-0.15, -0.1) is 0 Å². The highest BCUT2D eigenvalue weighted by atomic mass is 35.5. The molecule has 0 fully saturated rings. The highest BCUT2D eigenvalue weighted by Crippen LogP contribution is 2.23. The Kier molecular flexibility index (Phi) is 5.63. The molecule has 1 N–H and O–H groups in total. The minimum atomic E-state index is -3.79. The Balaban J connectivity index is 2.16. The predicted molar refractivity (Wildman–Crippen MR) is 86.9 cm³/mol. The van der Waals surface area contributed by atoms with E-state index in [0.29, 0.717) is 12.5 Å². The lowest BCUT2D eigenvalue weighted by atomic mass is 10.4. The van der Waals surface area contributed by atoms with E-state index in [4.69, 9.17) is 16.3 Å². The van der Waals surface area contributed by atoms with Crippen molar-refractivity contribution < 1.29 is 13.2 Å². The molecular weight excluding hydrogens is 324 g/mol. The fourth-order valence-corrected chi connectivity index (χ4v) is 3.25. The Morgan fingerprint density at radius 1 is 1.18 bits per heavy atom. The molecule has 7 heteroatoms. The summed E-state index contributed by atoms with van der Waals surface area (Å²) in [5.41, 5.74) is 0. The van der Waals surface area contributed by atoms with E-state index in [1.807, 2.05) is 0 Å². The molecule has 1 heterocycles. The average molecular weight is 341 g/mol. The molecule has 118 valence electrons. The highest BCUT2D eigenvalue weighted by molar-refractivity contribution is 7.92. The first-order chi connectivity index (χ1) is 10.5. The van der Waals surface area contributed by atoms with Crippen molar-refractivity contribution in [2.45, 2.75) is 24.7 Å². The second-order valence-electron chi connectivity index (χ2n) is 4.60. The standard InChI is InChI=1S/C15H17ClN2O3S/c1-2-3-11-21-15-10-6-9-14(17-15)18-22(19,20)13-8-5-4-7-12(13)16/h4-10H,2-3,11H2,1H3,(H,17,18). The van der Waals surface area contributed by atoms with Gasteiger partial charge >= 0.3 is 0 Å². The molecule has 22 heavy (non-hydrogen) atoms. The summed E-state index contributed by atoms with van der Waals surface area (Å²) < 4.78 is 32.5. The van der Waals surface area contributed by atoms with Crippen LogP contribution < -0.4 is 9.46 Å². The third kappa shape index (κ3) is 4.35. The van der Waals surface area contributed by atoms with Crippen LogP contribution >= 0.6 is 11.6 Å². The van der Waals surface area contributed by atoms with E-state index >= 15 is 0 Å². The van der Waals surface area contributed by atoms with Crippen molar-refractivity contribution in [1.82, 2.24) is 4.98 Å². The van der Waals surface area contributed by atoms with Crippen LogP contribution in [0.1, 0.15) is 19.8 Å². The van der Waals surface area contributed by atoms with Crippen LogP contribution in [0.3, 0.4) is 0 Å². The molecule has 2 aromatic rings. The molecule has 5 nitrogen and oxygen atoms in total. The fraction of sp³-hybridized carbons (Fsp3) is 0.267. The van der Waals surface area contributed by atoms with E-state index < -0.39 is 10.0 Å². The van der Waals surface area contributed by atoms with E-state index in [9.17, 15) is 8.42 Å². The van der Waals surface area contributed by atoms with Crippen LogP contribution in [0, 0.1) is 0 Å². The Morgan fingerprint density at radius 3 is 2.68 bits per heavy atom. The molecule has 0 amide bonds. The number of hydrogen-bond acceptors (Lipinski definition) is 4. The number of benzene rings is 1. The normalized spacial score (nSPS) is 11.2. The lowest BCUT2D eigenvalue weighted by Gasteiger charge is -2.10. The molecule has 0 aliphatic rings. The van der Waals surface area contributed by atoms with Gasteiger partial charge in [0.05, 0.1) is 11.6 Å². The maximum absolute atomic E-state index is 12.3. The van der Waals surface area contributed by atoms with Gasteiger partial charge in [0.15, 0.2) is 0 Å². The molecule has 0 unspecified atom stereocenters. The zero-order valence-corrected chi connectivity index (χ0v) is 13.7. The second-order valence-corrected chi connectivity index (χ2v) is 6.66. The molecule has 1 aromatic carbocycles. The number of hydrogen-bond donors (Lipinski definition) is 1. The van der Waals surface area contributed by atoms with Crippen LogP contribution in [-0.2, 0) is 10.0 Å². The minimum absolute atomic E-state index is 0.00997. The van der Waals surface area contributed by atoms with Gasteiger partial charge in [-0.25, -0.2) is 8.42 Å². The van der Waals surface area contributed by atoms with E-state index in [0.717, 1.165) is 12.8 Å². The van der Waals surface area contributed by atoms with Gasteiger partial charge in [-0.05, 0) is 24.6 Å². The molecule has 0 radical (unpaired) electrons. The summed E-state index contributed by atoms with van der Waals surface area (Å²) in [6, 6.07) is 11.2. The summed E-state index contributed by atoms with van der Waals surface area (Å²) in [4.78, 5) is 4.14. The van der Waals surface area contributed by atoms with Gasteiger partial charge in [0, 0.05) is 6.07 Å². The number of ether oxygens (including phenoxy) is 1. The van der Waals surface area contributed by atoms with Crippen molar-refractivity contribution in [1.29, 1.82) is 0 Å². The molecule has 0 saturated carbocycles. The van der Waals surface area contributed by atoms with Crippen LogP contribution in [0.15, 0.2) is 47.4 Å². The third-order valence-electron chi connectivity index (χ3n) is 2.84. The molecule has 0 bridgehead atoms. The van der Waals surface area contributed by atoms with Crippen LogP contribution in [-0.4, -0.2) is 20.0 Å². The summed E-state index contributed by atoms with van der Waals surface area (Å²) in [5, 5.41) is 0.158. The fourth-order valence-electron chi connectivity index (χ4n) is 1.73. The molecule has 0 aliphatic heterocycles. The first-order valence-corrected chi connectivity index (χ1v) is 8.76. The van der Waals surface area contributed by atoms with Crippen molar-refractivity contribution in [3.8, 4) is 5.88 Å². The Labute approximate surface area is 135 Å². The molecule has 0 saturated heterocycles. The van der Waals surface area contributed by atoms with Gasteiger partial charge in [0.2, 0.25) is 5.88 Å². The summed E-state index contributed by atoms with van der Waals surface area (Å²) in [7, 11) is -3.79. The van der Waals surface area contributed by atoms with E-state index in [1.165, 1.54) is 12.1 Å². The zero-order valence-electron chi connectivity index (χ0n) is 12.1. The maximum Gasteiger partial charge on any atom is 0.264 e. The minimum Gasteiger partial charge on any atom is -0.478 e. The van der Waals surface area contributed by atoms with Crippen LogP contribution in [0.2, 0.25) is 5.02 Å². The second kappa shape index (κ2) is 7.47. The van der Waals surface area contributed by atoms with Gasteiger partial charge in [-0.3, -0.25) is 4.72 Å². The first-order valence-electron chi connectivity index (χ1n) is 6.90. The monoisotopic (exact) mass is 340 g/mol. The lowest BCUT2D eigenvalue weighted by Crippen LogP contribution is -2.14. The van der Waals surface area contributed by atoms with Crippen LogP contribution in [0.25, 0.3) is 0 Å². The number of halogens is 1. The molecule has 0 spiro atoms. The molecule has 0 aliphatic carbocycles. The number of aromatic nitrogens is 1. The smallest absolute Gasteiger partial charge is 0.264 e. The average Bonchev–Trinajstić information content (AvgIpc) is 2.48. The van der Waals surface area contributed by atoms with Crippen molar-refractivity contribution >= 4 is 27.4 Å². The number of nitrogens with one attached hydrogen (secondary N) is 1. The van der Waals surface area contributed by atoms with E-state index in [-0.39, 0.29) is 15.7 Å². The van der Waals surface area contributed by atoms with Gasteiger partial charge < -0.3 is 4.74 Å². The van der Waals surface area contributed by atoms with Gasteiger partial charge in [-0.1, -0.05) is 43.1 Å². The molecule has 0 atom stereocenters. The molecule has 1 aromatic heterocycles. The van der Waals surface area contributed by atoms with Gasteiger partial charge in [0.25, 0.3) is 10.0 Å². The van der Waals surface area contributed by atoms with Gasteiger partial charge in [0.1, 0.15) is 10.7 Å². The third-order valence-corrected chi connectivity index (χ3v) is 4.69. The maximum atomic E-state index is 12.3. The number of pyridine rings is 1. The number of unbranched alkanes of at least 4 members (excludes halogenated alkanes) is 1. The Hall–Kier alpha value is -1.79. The van der Waals surface area contributed by atoms with Gasteiger partial charge in [-0.2, -0.15) is 4.98 Å². The first kappa shape index (κ1) is 16.6. The number of anilines is 1. The summed E-state index contributed by atoms with van der Waals surface area (Å²) in [5.74, 6) is 0.571. The summed E-state index contributed by atoms with van der Waals surface area (Å²) >= 11 is 5.93. The highest BCUT2D eigenvalue weighted by Gasteiger charge is 2.18. The zero-order chi connectivity index (χ0) is 16.0. The summed E-state index contributed by atoms with van der Waals surface area (Å²) in [6.07, 6.45) is 1.93. The van der Waals surface area contributed by atoms with E-state index in [2.05, 4.69) is 16.6 Å². The molecule has 2 rings (SSSR count). The number of rotatable bonds is 7. The quantitative estimate of drug-likeness (QED) is 0.780. The van der Waals surface area contributed by atoms with Crippen molar-refractivity contribution in [3.05, 3.63) is 47.5 Å². The summed E-state index contributed by atoms with van der Waals surface area (Å²) in [6.45, 7) is 2.61. The van der Waals surface area contributed by atoms with Crippen LogP contribution in [0.5, 0.6) is 5.88 Å². The van der Waals surface area contributed by atoms with Crippen molar-refractivity contribution in [2.75, 3.05) is 11.3 Å². The number of sulfonamides is 1. The SMILES string of the molecule is CCCCOc1cccc(NS(=O)(=O)c2ccccc2Cl)n1. The largest absolute Gasteiger partial charge is 0.478 e. The lowest BCUT2D eigenvalue weighted by molar-refractivity contribution is 0.298. The Bertz CT molecular complexity index is 735.